The molecule has 0 saturated carbocycles. The van der Waals surface area contributed by atoms with Crippen LogP contribution in [-0.2, 0) is 11.2 Å². The molecule has 2 aliphatic rings. The molecular weight excluding hydrogens is 256 g/mol. The summed E-state index contributed by atoms with van der Waals surface area (Å²) in [4.78, 5) is 22.3. The van der Waals surface area contributed by atoms with Crippen LogP contribution < -0.4 is 5.32 Å². The lowest BCUT2D eigenvalue weighted by molar-refractivity contribution is 0.0951. The third-order valence-corrected chi connectivity index (χ3v) is 4.17. The zero-order chi connectivity index (χ0) is 13.9. The second-order valence-corrected chi connectivity index (χ2v) is 5.59. The third-order valence-electron chi connectivity index (χ3n) is 4.17. The number of imidazole rings is 1. The monoisotopic (exact) mass is 278 g/mol. The molecule has 0 aromatic carbocycles. The average molecular weight is 278 g/mol. The number of hydrogen-bond donors (Lipinski definition) is 2. The first-order valence-corrected chi connectivity index (χ1v) is 7.36. The molecule has 6 nitrogen and oxygen atoms in total. The van der Waals surface area contributed by atoms with Crippen molar-refractivity contribution in [1.82, 2.24) is 20.2 Å². The standard InChI is InChI=1S/C14H22N4O2/c1-20-8-7-18-6-4-10(9-18)13-16-11-3-2-5-15-14(19)12(11)17-13/h10H,2-9H2,1H3,(H,15,19)(H,16,17)/t10-/m0/s1. The Kier molecular flexibility index (Phi) is 4.03. The molecule has 1 amide bonds. The van der Waals surface area contributed by atoms with Crippen LogP contribution in [-0.4, -0.2) is 60.7 Å². The van der Waals surface area contributed by atoms with Gasteiger partial charge in [-0.05, 0) is 25.8 Å². The van der Waals surface area contributed by atoms with Crippen molar-refractivity contribution in [1.29, 1.82) is 0 Å². The van der Waals surface area contributed by atoms with E-state index in [1.165, 1.54) is 0 Å². The van der Waals surface area contributed by atoms with Crippen molar-refractivity contribution in [3.8, 4) is 0 Å². The molecule has 6 heteroatoms. The molecule has 1 aromatic heterocycles. The average Bonchev–Trinajstić information content (AvgIpc) is 3.04. The van der Waals surface area contributed by atoms with Crippen LogP contribution >= 0.6 is 0 Å². The van der Waals surface area contributed by atoms with Crippen LogP contribution in [0.5, 0.6) is 0 Å². The van der Waals surface area contributed by atoms with Crippen molar-refractivity contribution in [2.75, 3.05) is 39.9 Å². The highest BCUT2D eigenvalue weighted by atomic mass is 16.5. The Hall–Kier alpha value is -1.40. The number of likely N-dealkylation sites (tertiary alicyclic amines) is 1. The molecule has 110 valence electrons. The van der Waals surface area contributed by atoms with Crippen LogP contribution in [0.1, 0.15) is 40.8 Å². The number of nitrogens with zero attached hydrogens (tertiary/aromatic N) is 2. The predicted octanol–water partition coefficient (Wildman–Crippen LogP) is 0.521. The van der Waals surface area contributed by atoms with Gasteiger partial charge in [0.1, 0.15) is 11.5 Å². The number of ether oxygens (including phenoxy) is 1. The highest BCUT2D eigenvalue weighted by Gasteiger charge is 2.28. The van der Waals surface area contributed by atoms with E-state index in [9.17, 15) is 4.79 Å². The fourth-order valence-electron chi connectivity index (χ4n) is 3.02. The number of aromatic amines is 1. The van der Waals surface area contributed by atoms with Gasteiger partial charge >= 0.3 is 0 Å². The first-order chi connectivity index (χ1) is 9.78. The molecule has 1 aromatic rings. The van der Waals surface area contributed by atoms with Crippen LogP contribution in [0.2, 0.25) is 0 Å². The van der Waals surface area contributed by atoms with Crippen LogP contribution in [0.3, 0.4) is 0 Å². The van der Waals surface area contributed by atoms with Gasteiger partial charge in [-0.15, -0.1) is 0 Å². The topological polar surface area (TPSA) is 70.2 Å². The van der Waals surface area contributed by atoms with Gasteiger partial charge < -0.3 is 19.9 Å². The fraction of sp³-hybridized carbons (Fsp3) is 0.714. The van der Waals surface area contributed by atoms with Gasteiger partial charge in [0.2, 0.25) is 0 Å². The van der Waals surface area contributed by atoms with Gasteiger partial charge in [0.15, 0.2) is 0 Å². The summed E-state index contributed by atoms with van der Waals surface area (Å²) < 4.78 is 5.12. The molecule has 0 unspecified atom stereocenters. The maximum Gasteiger partial charge on any atom is 0.271 e. The number of aryl methyl sites for hydroxylation is 1. The second kappa shape index (κ2) is 5.93. The van der Waals surface area contributed by atoms with E-state index in [1.54, 1.807) is 7.11 Å². The largest absolute Gasteiger partial charge is 0.383 e. The van der Waals surface area contributed by atoms with E-state index in [-0.39, 0.29) is 5.91 Å². The van der Waals surface area contributed by atoms with E-state index in [2.05, 4.69) is 20.2 Å². The number of methoxy groups -OCH3 is 1. The zero-order valence-electron chi connectivity index (χ0n) is 11.9. The summed E-state index contributed by atoms with van der Waals surface area (Å²) in [5.41, 5.74) is 1.61. The van der Waals surface area contributed by atoms with E-state index in [1.807, 2.05) is 0 Å². The summed E-state index contributed by atoms with van der Waals surface area (Å²) in [5.74, 6) is 1.35. The molecule has 1 atom stereocenters. The number of carbonyl (C=O) groups excluding carboxylic acids is 1. The number of carbonyl (C=O) groups is 1. The van der Waals surface area contributed by atoms with Gasteiger partial charge in [-0.25, -0.2) is 4.98 Å². The van der Waals surface area contributed by atoms with Gasteiger partial charge in [-0.3, -0.25) is 4.79 Å². The number of aromatic nitrogens is 2. The second-order valence-electron chi connectivity index (χ2n) is 5.59. The lowest BCUT2D eigenvalue weighted by Crippen LogP contribution is -2.25. The maximum atomic E-state index is 11.9. The highest BCUT2D eigenvalue weighted by molar-refractivity contribution is 5.93. The summed E-state index contributed by atoms with van der Waals surface area (Å²) in [7, 11) is 1.73. The smallest absolute Gasteiger partial charge is 0.271 e. The molecule has 2 N–H and O–H groups in total. The predicted molar refractivity (Wildman–Crippen MR) is 74.9 cm³/mol. The molecule has 3 heterocycles. The van der Waals surface area contributed by atoms with Gasteiger partial charge in [0.25, 0.3) is 5.91 Å². The lowest BCUT2D eigenvalue weighted by atomic mass is 10.1. The number of hydrogen-bond acceptors (Lipinski definition) is 4. The van der Waals surface area contributed by atoms with Crippen LogP contribution in [0.4, 0.5) is 0 Å². The summed E-state index contributed by atoms with van der Waals surface area (Å²) in [6, 6.07) is 0. The molecule has 0 radical (unpaired) electrons. The Bertz CT molecular complexity index is 486. The number of nitrogens with one attached hydrogen (secondary N) is 2. The van der Waals surface area contributed by atoms with E-state index in [0.717, 1.165) is 63.6 Å². The minimum Gasteiger partial charge on any atom is -0.383 e. The Morgan fingerprint density at radius 2 is 2.40 bits per heavy atom. The molecular formula is C14H22N4O2. The Morgan fingerprint density at radius 1 is 1.50 bits per heavy atom. The first kappa shape index (κ1) is 13.6. The summed E-state index contributed by atoms with van der Waals surface area (Å²) >= 11 is 0. The SMILES string of the molecule is COCCN1CC[C@H](c2nc3c([nH]2)CCCNC3=O)C1. The van der Waals surface area contributed by atoms with Crippen molar-refractivity contribution in [3.05, 3.63) is 17.2 Å². The normalized spacial score (nSPS) is 23.4. The zero-order valence-corrected chi connectivity index (χ0v) is 11.9. The number of fused-ring (bicyclic) bond motifs is 1. The first-order valence-electron chi connectivity index (χ1n) is 7.36. The highest BCUT2D eigenvalue weighted by Crippen LogP contribution is 2.26. The number of amides is 1. The van der Waals surface area contributed by atoms with E-state index in [4.69, 9.17) is 4.74 Å². The van der Waals surface area contributed by atoms with Crippen molar-refractivity contribution in [3.63, 3.8) is 0 Å². The van der Waals surface area contributed by atoms with Gasteiger partial charge in [0.05, 0.1) is 6.61 Å². The van der Waals surface area contributed by atoms with E-state index in [0.29, 0.717) is 11.6 Å². The molecule has 0 spiro atoms. The minimum atomic E-state index is -0.0331. The van der Waals surface area contributed by atoms with Gasteiger partial charge in [-0.1, -0.05) is 0 Å². The molecule has 0 aliphatic carbocycles. The number of rotatable bonds is 4. The Morgan fingerprint density at radius 3 is 3.25 bits per heavy atom. The summed E-state index contributed by atoms with van der Waals surface area (Å²) in [5, 5.41) is 2.89. The Labute approximate surface area is 118 Å². The summed E-state index contributed by atoms with van der Waals surface area (Å²) in [6.45, 7) is 4.55. The van der Waals surface area contributed by atoms with E-state index < -0.39 is 0 Å². The van der Waals surface area contributed by atoms with Crippen LogP contribution in [0.15, 0.2) is 0 Å². The molecule has 0 bridgehead atoms. The lowest BCUT2D eigenvalue weighted by Gasteiger charge is -2.14. The van der Waals surface area contributed by atoms with Crippen molar-refractivity contribution < 1.29 is 9.53 Å². The molecule has 3 rings (SSSR count). The maximum absolute atomic E-state index is 11.9. The van der Waals surface area contributed by atoms with Crippen molar-refractivity contribution in [2.24, 2.45) is 0 Å². The molecule has 1 fully saturated rings. The molecule has 1 saturated heterocycles. The van der Waals surface area contributed by atoms with E-state index >= 15 is 0 Å². The van der Waals surface area contributed by atoms with Crippen molar-refractivity contribution in [2.45, 2.75) is 25.2 Å². The third kappa shape index (κ3) is 2.71. The quantitative estimate of drug-likeness (QED) is 0.842. The summed E-state index contributed by atoms with van der Waals surface area (Å²) in [6.07, 6.45) is 2.98. The van der Waals surface area contributed by atoms with Gasteiger partial charge in [0, 0.05) is 38.4 Å². The Balaban J connectivity index is 1.70. The number of H-pyrrole nitrogens is 1. The van der Waals surface area contributed by atoms with Crippen molar-refractivity contribution >= 4 is 5.91 Å². The van der Waals surface area contributed by atoms with Crippen LogP contribution in [0.25, 0.3) is 0 Å². The molecule has 20 heavy (non-hydrogen) atoms. The van der Waals surface area contributed by atoms with Gasteiger partial charge in [-0.2, -0.15) is 0 Å². The minimum absolute atomic E-state index is 0.0331. The van der Waals surface area contributed by atoms with Crippen LogP contribution in [0, 0.1) is 0 Å². The molecule has 2 aliphatic heterocycles. The fourth-order valence-corrected chi connectivity index (χ4v) is 3.02.